The maximum atomic E-state index is 13.0. The zero-order valence-electron chi connectivity index (χ0n) is 26.0. The molecular formula is C35H41ClN6O3. The number of halogens is 1. The smallest absolute Gasteiger partial charge is 0.274 e. The van der Waals surface area contributed by atoms with Crippen molar-refractivity contribution in [3.63, 3.8) is 0 Å². The molecule has 0 atom stereocenters. The van der Waals surface area contributed by atoms with Gasteiger partial charge in [-0.3, -0.25) is 14.8 Å². The van der Waals surface area contributed by atoms with Crippen LogP contribution in [0.4, 0.5) is 5.69 Å². The van der Waals surface area contributed by atoms with Gasteiger partial charge in [0.15, 0.2) is 0 Å². The number of pyridine rings is 2. The van der Waals surface area contributed by atoms with Gasteiger partial charge in [-0.2, -0.15) is 0 Å². The molecule has 1 fully saturated rings. The van der Waals surface area contributed by atoms with E-state index in [4.69, 9.17) is 21.4 Å². The van der Waals surface area contributed by atoms with Crippen LogP contribution in [0.15, 0.2) is 79.3 Å². The first-order valence-electron chi connectivity index (χ1n) is 14.9. The molecule has 4 aromatic rings. The Labute approximate surface area is 270 Å². The van der Waals surface area contributed by atoms with Gasteiger partial charge in [-0.15, -0.1) is 0 Å². The number of nitrogens with one attached hydrogen (secondary N) is 4. The number of amides is 1. The second-order valence-corrected chi connectivity index (χ2v) is 11.0. The molecule has 45 heavy (non-hydrogen) atoms. The first-order valence-corrected chi connectivity index (χ1v) is 15.3. The fourth-order valence-corrected chi connectivity index (χ4v) is 5.28. The van der Waals surface area contributed by atoms with Crippen molar-refractivity contribution in [1.29, 1.82) is 0 Å². The molecule has 3 heterocycles. The monoisotopic (exact) mass is 628 g/mol. The molecule has 0 unspecified atom stereocenters. The number of ether oxygens (including phenoxy) is 1. The molecule has 5 rings (SSSR count). The summed E-state index contributed by atoms with van der Waals surface area (Å²) in [7, 11) is 3.54. The number of aliphatic hydroxyl groups is 1. The highest BCUT2D eigenvalue weighted by Crippen LogP contribution is 2.39. The Morgan fingerprint density at radius 1 is 1.11 bits per heavy atom. The Kier molecular flexibility index (Phi) is 12.5. The molecule has 0 spiro atoms. The number of carbonyl (C=O) groups is 1. The van der Waals surface area contributed by atoms with Crippen molar-refractivity contribution in [3.8, 4) is 28.1 Å². The number of methoxy groups -OCH3 is 1. The fourth-order valence-electron chi connectivity index (χ4n) is 4.96. The molecular weight excluding hydrogens is 588 g/mol. The van der Waals surface area contributed by atoms with Crippen molar-refractivity contribution in [2.75, 3.05) is 39.2 Å². The Morgan fingerprint density at radius 3 is 2.60 bits per heavy atom. The second kappa shape index (κ2) is 16.7. The van der Waals surface area contributed by atoms with Crippen LogP contribution in [0, 0.1) is 6.92 Å². The molecule has 9 nitrogen and oxygen atoms in total. The standard InChI is InChI=1S/C30H32ClN5O3.C5H9N/c1-19-23(5-4-6-25(19)36-30(38)26-10-7-20(17-35-26)16-33-13-14-37)24-11-12-34-29(28(24)31)21-8-9-22(18-32-2)27(15-21)39-3;1-5-3-2-4-6-5/h4-12,15,17,32-33,37H,13-14,16,18H2,1-3H3,(H,36,38);6H,1-4H2. The molecule has 0 saturated carbocycles. The van der Waals surface area contributed by atoms with Crippen molar-refractivity contribution in [1.82, 2.24) is 25.9 Å². The van der Waals surface area contributed by atoms with Gasteiger partial charge in [-0.25, -0.2) is 0 Å². The van der Waals surface area contributed by atoms with E-state index >= 15 is 0 Å². The highest BCUT2D eigenvalue weighted by atomic mass is 35.5. The Bertz CT molecular complexity index is 1600. The van der Waals surface area contributed by atoms with E-state index in [1.54, 1.807) is 25.6 Å². The van der Waals surface area contributed by atoms with Crippen LogP contribution < -0.4 is 26.0 Å². The minimum absolute atomic E-state index is 0.0666. The van der Waals surface area contributed by atoms with Gasteiger partial charge in [0, 0.05) is 66.6 Å². The Hall–Kier alpha value is -4.28. The van der Waals surface area contributed by atoms with Crippen molar-refractivity contribution in [3.05, 3.63) is 107 Å². The molecule has 0 aliphatic carbocycles. The molecule has 10 heteroatoms. The van der Waals surface area contributed by atoms with Crippen molar-refractivity contribution < 1.29 is 14.6 Å². The summed E-state index contributed by atoms with van der Waals surface area (Å²) in [5, 5.41) is 21.7. The number of aliphatic hydroxyl groups excluding tert-OH is 1. The van der Waals surface area contributed by atoms with Gasteiger partial charge in [-0.1, -0.05) is 48.5 Å². The Balaban J connectivity index is 0.000000687. The highest BCUT2D eigenvalue weighted by Gasteiger charge is 2.17. The molecule has 1 amide bonds. The lowest BCUT2D eigenvalue weighted by Crippen LogP contribution is -2.18. The number of hydrogen-bond acceptors (Lipinski definition) is 8. The lowest BCUT2D eigenvalue weighted by molar-refractivity contribution is 0.102. The average molecular weight is 629 g/mol. The summed E-state index contributed by atoms with van der Waals surface area (Å²) < 4.78 is 5.58. The fraction of sp³-hybridized carbons (Fsp3) is 0.286. The number of rotatable bonds is 11. The number of nitrogens with zero attached hydrogens (tertiary/aromatic N) is 2. The lowest BCUT2D eigenvalue weighted by atomic mass is 9.97. The van der Waals surface area contributed by atoms with Crippen molar-refractivity contribution in [2.45, 2.75) is 32.9 Å². The zero-order chi connectivity index (χ0) is 32.2. The van der Waals surface area contributed by atoms with Gasteiger partial charge in [0.05, 0.1) is 24.4 Å². The minimum Gasteiger partial charge on any atom is -0.496 e. The zero-order valence-corrected chi connectivity index (χ0v) is 26.8. The summed E-state index contributed by atoms with van der Waals surface area (Å²) in [5.74, 6) is 0.453. The predicted molar refractivity (Wildman–Crippen MR) is 182 cm³/mol. The molecule has 1 aliphatic rings. The third kappa shape index (κ3) is 8.89. The first-order chi connectivity index (χ1) is 21.9. The van der Waals surface area contributed by atoms with Gasteiger partial charge in [0.25, 0.3) is 5.91 Å². The van der Waals surface area contributed by atoms with E-state index in [0.717, 1.165) is 45.7 Å². The number of allylic oxidation sites excluding steroid dienone is 1. The van der Waals surface area contributed by atoms with E-state index in [1.165, 1.54) is 18.5 Å². The SMILES string of the molecule is C=C1CCCN1.CNCc1ccc(-c2nccc(-c3cccc(NC(=O)c4ccc(CNCCO)cn4)c3C)c2Cl)cc1OC. The molecule has 2 aromatic heterocycles. The predicted octanol–water partition coefficient (Wildman–Crippen LogP) is 5.72. The largest absolute Gasteiger partial charge is 0.496 e. The van der Waals surface area contributed by atoms with Crippen LogP contribution in [0.2, 0.25) is 5.02 Å². The number of benzene rings is 2. The average Bonchev–Trinajstić information content (AvgIpc) is 3.54. The van der Waals surface area contributed by atoms with Gasteiger partial charge in [0.2, 0.25) is 0 Å². The summed E-state index contributed by atoms with van der Waals surface area (Å²) in [6.07, 6.45) is 5.84. The molecule has 1 saturated heterocycles. The van der Waals surface area contributed by atoms with E-state index in [2.05, 4.69) is 37.8 Å². The molecule has 2 aromatic carbocycles. The van der Waals surface area contributed by atoms with Crippen LogP contribution in [0.3, 0.4) is 0 Å². The number of carbonyl (C=O) groups excluding carboxylic acids is 1. The maximum Gasteiger partial charge on any atom is 0.274 e. The van der Waals surface area contributed by atoms with Gasteiger partial charge >= 0.3 is 0 Å². The maximum absolute atomic E-state index is 13.0. The second-order valence-electron chi connectivity index (χ2n) is 10.6. The van der Waals surface area contributed by atoms with E-state index in [9.17, 15) is 4.79 Å². The van der Waals surface area contributed by atoms with E-state index < -0.39 is 0 Å². The van der Waals surface area contributed by atoms with Crippen LogP contribution in [-0.4, -0.2) is 54.8 Å². The third-order valence-corrected chi connectivity index (χ3v) is 7.78. The van der Waals surface area contributed by atoms with Crippen LogP contribution >= 0.6 is 11.6 Å². The van der Waals surface area contributed by atoms with Crippen LogP contribution in [0.5, 0.6) is 5.75 Å². The molecule has 236 valence electrons. The highest BCUT2D eigenvalue weighted by molar-refractivity contribution is 6.35. The first kappa shape index (κ1) is 33.6. The summed E-state index contributed by atoms with van der Waals surface area (Å²) in [5.41, 5.74) is 8.22. The molecule has 5 N–H and O–H groups in total. The van der Waals surface area contributed by atoms with Gasteiger partial charge in [-0.05, 0) is 67.8 Å². The summed E-state index contributed by atoms with van der Waals surface area (Å²) in [6, 6.07) is 17.0. The van der Waals surface area contributed by atoms with E-state index in [1.807, 2.05) is 62.5 Å². The summed E-state index contributed by atoms with van der Waals surface area (Å²) in [6.45, 7) is 8.64. The Morgan fingerprint density at radius 2 is 1.96 bits per heavy atom. The summed E-state index contributed by atoms with van der Waals surface area (Å²) >= 11 is 6.93. The van der Waals surface area contributed by atoms with Crippen LogP contribution in [0.1, 0.15) is 40.0 Å². The summed E-state index contributed by atoms with van der Waals surface area (Å²) in [4.78, 5) is 21.8. The number of anilines is 1. The number of aromatic nitrogens is 2. The van der Waals surface area contributed by atoms with Gasteiger partial charge < -0.3 is 31.1 Å². The molecule has 1 aliphatic heterocycles. The van der Waals surface area contributed by atoms with E-state index in [0.29, 0.717) is 41.7 Å². The van der Waals surface area contributed by atoms with Crippen LogP contribution in [0.25, 0.3) is 22.4 Å². The molecule has 0 bridgehead atoms. The topological polar surface area (TPSA) is 120 Å². The lowest BCUT2D eigenvalue weighted by Gasteiger charge is -2.16. The normalized spacial score (nSPS) is 12.2. The van der Waals surface area contributed by atoms with Gasteiger partial charge in [0.1, 0.15) is 11.4 Å². The number of hydrogen-bond donors (Lipinski definition) is 5. The van der Waals surface area contributed by atoms with Crippen molar-refractivity contribution >= 4 is 23.2 Å². The quantitative estimate of drug-likeness (QED) is 0.134. The van der Waals surface area contributed by atoms with E-state index in [-0.39, 0.29) is 12.5 Å². The minimum atomic E-state index is -0.305. The van der Waals surface area contributed by atoms with Crippen molar-refractivity contribution in [2.24, 2.45) is 0 Å². The van der Waals surface area contributed by atoms with Crippen LogP contribution in [-0.2, 0) is 13.1 Å². The third-order valence-electron chi connectivity index (χ3n) is 7.39. The molecule has 0 radical (unpaired) electrons.